The molecule has 30 heavy (non-hydrogen) atoms. The van der Waals surface area contributed by atoms with Crippen molar-refractivity contribution in [1.82, 2.24) is 15.0 Å². The number of aromatic nitrogens is 3. The van der Waals surface area contributed by atoms with E-state index in [4.69, 9.17) is 15.0 Å². The van der Waals surface area contributed by atoms with E-state index >= 15 is 0 Å². The molecule has 0 saturated carbocycles. The lowest BCUT2D eigenvalue weighted by molar-refractivity contribution is 0.573. The van der Waals surface area contributed by atoms with Crippen LogP contribution in [-0.2, 0) is 12.8 Å². The van der Waals surface area contributed by atoms with Crippen LogP contribution in [0.3, 0.4) is 0 Å². The Morgan fingerprint density at radius 3 is 2.50 bits per heavy atom. The molecule has 1 aromatic carbocycles. The zero-order valence-corrected chi connectivity index (χ0v) is 18.8. The molecule has 0 unspecified atom stereocenters. The van der Waals surface area contributed by atoms with Crippen LogP contribution >= 0.6 is 23.1 Å². The first-order valence-corrected chi connectivity index (χ1v) is 12.9. The second kappa shape index (κ2) is 7.50. The molecular formula is C24H24N4S2. The highest BCUT2D eigenvalue weighted by Crippen LogP contribution is 2.44. The van der Waals surface area contributed by atoms with Gasteiger partial charge in [0, 0.05) is 24.0 Å². The van der Waals surface area contributed by atoms with Gasteiger partial charge >= 0.3 is 0 Å². The van der Waals surface area contributed by atoms with Crippen LogP contribution in [0.1, 0.15) is 36.8 Å². The van der Waals surface area contributed by atoms with Gasteiger partial charge in [-0.3, -0.25) is 0 Å². The molecule has 152 valence electrons. The normalized spacial score (nSPS) is 16.5. The third-order valence-electron chi connectivity index (χ3n) is 6.38. The highest BCUT2D eigenvalue weighted by atomic mass is 32.2. The van der Waals surface area contributed by atoms with Crippen molar-refractivity contribution >= 4 is 49.3 Å². The first-order valence-electron chi connectivity index (χ1n) is 10.8. The maximum Gasteiger partial charge on any atom is 0.189 e. The average Bonchev–Trinajstić information content (AvgIpc) is 3.43. The summed E-state index contributed by atoms with van der Waals surface area (Å²) < 4.78 is 1.22. The van der Waals surface area contributed by atoms with E-state index in [0.29, 0.717) is 0 Å². The van der Waals surface area contributed by atoms with Gasteiger partial charge in [-0.1, -0.05) is 42.1 Å². The smallest absolute Gasteiger partial charge is 0.189 e. The highest BCUT2D eigenvalue weighted by molar-refractivity contribution is 7.98. The Labute approximate surface area is 184 Å². The molecule has 4 heterocycles. The molecule has 0 bridgehead atoms. The fourth-order valence-corrected chi connectivity index (χ4v) is 6.50. The minimum atomic E-state index is 0.877. The van der Waals surface area contributed by atoms with Crippen LogP contribution in [0.15, 0.2) is 35.5 Å². The van der Waals surface area contributed by atoms with E-state index in [9.17, 15) is 0 Å². The topological polar surface area (TPSA) is 41.9 Å². The summed E-state index contributed by atoms with van der Waals surface area (Å²) in [5.41, 5.74) is 6.42. The zero-order valence-electron chi connectivity index (χ0n) is 17.1. The monoisotopic (exact) mass is 432 g/mol. The van der Waals surface area contributed by atoms with Crippen LogP contribution in [0.5, 0.6) is 0 Å². The number of fused-ring (bicyclic) bond motifs is 5. The quantitative estimate of drug-likeness (QED) is 0.289. The molecule has 0 N–H and O–H groups in total. The Kier molecular flexibility index (Phi) is 4.65. The summed E-state index contributed by atoms with van der Waals surface area (Å²) in [5, 5.41) is 2.17. The number of rotatable bonds is 3. The summed E-state index contributed by atoms with van der Waals surface area (Å²) in [5.74, 6) is 1.13. The standard InChI is InChI=1S/C24H24N4S2/c1-29-24-26-20-18-16-11-8-12-17(16)19(15-9-4-2-5-10-15)25-23(18)30-21(20)22(27-24)28-13-6-3-7-14-28/h2,4-5,9-10H,3,6-8,11-14H2,1H3. The lowest BCUT2D eigenvalue weighted by Gasteiger charge is -2.28. The molecule has 6 heteroatoms. The van der Waals surface area contributed by atoms with E-state index < -0.39 is 0 Å². The second-order valence-corrected chi connectivity index (χ2v) is 9.95. The maximum absolute atomic E-state index is 5.22. The SMILES string of the molecule is CSc1nc(N2CCCCC2)c2sc3nc(-c4ccccc4)c4c(c3c2n1)CCC4. The lowest BCUT2D eigenvalue weighted by Crippen LogP contribution is -2.30. The molecule has 4 aromatic rings. The molecule has 1 saturated heterocycles. The second-order valence-electron chi connectivity index (χ2n) is 8.18. The van der Waals surface area contributed by atoms with E-state index in [2.05, 4.69) is 41.5 Å². The summed E-state index contributed by atoms with van der Waals surface area (Å²) >= 11 is 3.43. The van der Waals surface area contributed by atoms with Crippen molar-refractivity contribution in [2.45, 2.75) is 43.7 Å². The van der Waals surface area contributed by atoms with Gasteiger partial charge in [0.2, 0.25) is 0 Å². The molecule has 0 amide bonds. The van der Waals surface area contributed by atoms with Crippen LogP contribution in [0.2, 0.25) is 0 Å². The first kappa shape index (κ1) is 18.6. The molecule has 0 spiro atoms. The summed E-state index contributed by atoms with van der Waals surface area (Å²) in [6.45, 7) is 2.18. The van der Waals surface area contributed by atoms with E-state index in [1.807, 2.05) is 0 Å². The largest absolute Gasteiger partial charge is 0.355 e. The average molecular weight is 433 g/mol. The predicted octanol–water partition coefficient (Wildman–Crippen LogP) is 6.11. The van der Waals surface area contributed by atoms with E-state index in [0.717, 1.165) is 47.3 Å². The third kappa shape index (κ3) is 2.92. The summed E-state index contributed by atoms with van der Waals surface area (Å²) in [4.78, 5) is 18.8. The first-order chi connectivity index (χ1) is 14.8. The van der Waals surface area contributed by atoms with Gasteiger partial charge in [0.1, 0.15) is 4.83 Å². The summed E-state index contributed by atoms with van der Waals surface area (Å²) in [6.07, 6.45) is 9.32. The van der Waals surface area contributed by atoms with Gasteiger partial charge in [0.15, 0.2) is 11.0 Å². The lowest BCUT2D eigenvalue weighted by atomic mass is 10.0. The number of nitrogens with zero attached hydrogens (tertiary/aromatic N) is 4. The van der Waals surface area contributed by atoms with Crippen molar-refractivity contribution in [3.63, 3.8) is 0 Å². The highest BCUT2D eigenvalue weighted by Gasteiger charge is 2.27. The van der Waals surface area contributed by atoms with Gasteiger partial charge in [0.05, 0.1) is 15.9 Å². The van der Waals surface area contributed by atoms with Gasteiger partial charge < -0.3 is 4.90 Å². The Hall–Kier alpha value is -2.18. The Morgan fingerprint density at radius 2 is 1.70 bits per heavy atom. The van der Waals surface area contributed by atoms with E-state index in [1.54, 1.807) is 23.1 Å². The van der Waals surface area contributed by atoms with Gasteiger partial charge in [-0.05, 0) is 55.9 Å². The predicted molar refractivity (Wildman–Crippen MR) is 128 cm³/mol. The molecule has 0 atom stereocenters. The summed E-state index contributed by atoms with van der Waals surface area (Å²) in [7, 11) is 0. The molecule has 0 radical (unpaired) electrons. The van der Waals surface area contributed by atoms with Crippen molar-refractivity contribution in [3.8, 4) is 11.3 Å². The molecule has 1 aliphatic heterocycles. The third-order valence-corrected chi connectivity index (χ3v) is 8.00. The van der Waals surface area contributed by atoms with Crippen LogP contribution in [-0.4, -0.2) is 34.3 Å². The summed E-state index contributed by atoms with van der Waals surface area (Å²) in [6, 6.07) is 10.7. The number of benzene rings is 1. The molecule has 4 nitrogen and oxygen atoms in total. The zero-order chi connectivity index (χ0) is 20.1. The van der Waals surface area contributed by atoms with Crippen LogP contribution in [0.4, 0.5) is 5.82 Å². The molecular weight excluding hydrogens is 408 g/mol. The number of anilines is 1. The van der Waals surface area contributed by atoms with Gasteiger partial charge in [-0.25, -0.2) is 15.0 Å². The molecule has 1 aliphatic carbocycles. The number of thiophene rings is 1. The number of thioether (sulfide) groups is 1. The van der Waals surface area contributed by atoms with Crippen molar-refractivity contribution in [3.05, 3.63) is 41.5 Å². The Bertz CT molecular complexity index is 1240. The van der Waals surface area contributed by atoms with Crippen LogP contribution < -0.4 is 4.90 Å². The van der Waals surface area contributed by atoms with E-state index in [1.165, 1.54) is 58.2 Å². The molecule has 3 aromatic heterocycles. The van der Waals surface area contributed by atoms with E-state index in [-0.39, 0.29) is 0 Å². The van der Waals surface area contributed by atoms with Crippen molar-refractivity contribution in [2.75, 3.05) is 24.2 Å². The number of piperidine rings is 1. The number of hydrogen-bond acceptors (Lipinski definition) is 6. The molecule has 2 aliphatic rings. The van der Waals surface area contributed by atoms with Crippen molar-refractivity contribution in [2.24, 2.45) is 0 Å². The minimum Gasteiger partial charge on any atom is -0.355 e. The minimum absolute atomic E-state index is 0.877. The molecule has 6 rings (SSSR count). The molecule has 1 fully saturated rings. The van der Waals surface area contributed by atoms with Crippen molar-refractivity contribution < 1.29 is 0 Å². The van der Waals surface area contributed by atoms with Crippen molar-refractivity contribution in [1.29, 1.82) is 0 Å². The van der Waals surface area contributed by atoms with Crippen LogP contribution in [0, 0.1) is 0 Å². The van der Waals surface area contributed by atoms with Gasteiger partial charge in [-0.2, -0.15) is 0 Å². The number of aryl methyl sites for hydroxylation is 1. The number of hydrogen-bond donors (Lipinski definition) is 0. The number of pyridine rings is 1. The maximum atomic E-state index is 5.22. The van der Waals surface area contributed by atoms with Crippen LogP contribution in [0.25, 0.3) is 31.7 Å². The Balaban J connectivity index is 1.65. The fourth-order valence-electron chi connectivity index (χ4n) is 4.98. The van der Waals surface area contributed by atoms with Gasteiger partial charge in [-0.15, -0.1) is 11.3 Å². The van der Waals surface area contributed by atoms with Gasteiger partial charge in [0.25, 0.3) is 0 Å². The fraction of sp³-hybridized carbons (Fsp3) is 0.375. The Morgan fingerprint density at radius 1 is 0.900 bits per heavy atom.